The van der Waals surface area contributed by atoms with Crippen LogP contribution >= 0.6 is 27.3 Å². The number of hydrogen-bond acceptors (Lipinski definition) is 6. The van der Waals surface area contributed by atoms with Gasteiger partial charge in [0, 0.05) is 23.6 Å². The standard InChI is InChI=1S/C24H28BrN3O3S/c1-5-27(6-2)13-14-28(24-26-19-10-9-18(25)16-22(19)32-24)23(29)12-8-17-7-11-20(30-3)21(15-17)31-4/h7-12,15-16H,5-6,13-14H2,1-4H3/b12-8+. The number of benzene rings is 2. The molecule has 0 unspecified atom stereocenters. The van der Waals surface area contributed by atoms with Crippen molar-refractivity contribution in [3.63, 3.8) is 0 Å². The number of carbonyl (C=O) groups is 1. The number of methoxy groups -OCH3 is 2. The molecule has 0 aliphatic rings. The number of thiazole rings is 1. The molecule has 3 rings (SSSR count). The lowest BCUT2D eigenvalue weighted by Crippen LogP contribution is -2.38. The Morgan fingerprint density at radius 1 is 1.06 bits per heavy atom. The molecule has 0 saturated heterocycles. The number of amides is 1. The second-order valence-electron chi connectivity index (χ2n) is 7.07. The summed E-state index contributed by atoms with van der Waals surface area (Å²) in [5, 5.41) is 0.701. The number of hydrogen-bond donors (Lipinski definition) is 0. The zero-order valence-electron chi connectivity index (χ0n) is 18.8. The molecule has 1 amide bonds. The van der Waals surface area contributed by atoms with Crippen LogP contribution < -0.4 is 14.4 Å². The second kappa shape index (κ2) is 11.4. The van der Waals surface area contributed by atoms with E-state index >= 15 is 0 Å². The molecule has 0 aliphatic carbocycles. The average molecular weight is 518 g/mol. The molecule has 0 saturated carbocycles. The molecule has 2 aromatic carbocycles. The van der Waals surface area contributed by atoms with Crippen molar-refractivity contribution in [2.24, 2.45) is 0 Å². The van der Waals surface area contributed by atoms with Crippen LogP contribution in [-0.2, 0) is 4.79 Å². The SMILES string of the molecule is CCN(CC)CCN(C(=O)/C=C/c1ccc(OC)c(OC)c1)c1nc2ccc(Br)cc2s1. The van der Waals surface area contributed by atoms with E-state index in [1.54, 1.807) is 31.3 Å². The highest BCUT2D eigenvalue weighted by Crippen LogP contribution is 2.31. The van der Waals surface area contributed by atoms with Crippen molar-refractivity contribution < 1.29 is 14.3 Å². The number of rotatable bonds is 10. The summed E-state index contributed by atoms with van der Waals surface area (Å²) in [6, 6.07) is 11.5. The first-order valence-electron chi connectivity index (χ1n) is 10.5. The smallest absolute Gasteiger partial charge is 0.252 e. The molecule has 32 heavy (non-hydrogen) atoms. The molecule has 8 heteroatoms. The molecule has 0 bridgehead atoms. The van der Waals surface area contributed by atoms with Crippen molar-refractivity contribution in [1.29, 1.82) is 0 Å². The van der Waals surface area contributed by atoms with Gasteiger partial charge in [-0.1, -0.05) is 47.2 Å². The van der Waals surface area contributed by atoms with Gasteiger partial charge in [-0.25, -0.2) is 4.98 Å². The Bertz CT molecular complexity index is 1100. The number of anilines is 1. The maximum absolute atomic E-state index is 13.2. The van der Waals surface area contributed by atoms with E-state index in [-0.39, 0.29) is 5.91 Å². The number of carbonyl (C=O) groups excluding carboxylic acids is 1. The number of halogens is 1. The first-order chi connectivity index (χ1) is 15.5. The van der Waals surface area contributed by atoms with Gasteiger partial charge in [0.05, 0.1) is 24.4 Å². The van der Waals surface area contributed by atoms with Gasteiger partial charge in [0.2, 0.25) is 0 Å². The molecule has 0 radical (unpaired) electrons. The zero-order chi connectivity index (χ0) is 23.1. The van der Waals surface area contributed by atoms with E-state index in [0.29, 0.717) is 23.2 Å². The first kappa shape index (κ1) is 24.2. The van der Waals surface area contributed by atoms with Crippen molar-refractivity contribution in [1.82, 2.24) is 9.88 Å². The maximum Gasteiger partial charge on any atom is 0.252 e. The summed E-state index contributed by atoms with van der Waals surface area (Å²) in [7, 11) is 3.19. The van der Waals surface area contributed by atoms with Gasteiger partial charge < -0.3 is 14.4 Å². The lowest BCUT2D eigenvalue weighted by Gasteiger charge is -2.23. The Kier molecular flexibility index (Phi) is 8.67. The van der Waals surface area contributed by atoms with Crippen LogP contribution in [0.3, 0.4) is 0 Å². The summed E-state index contributed by atoms with van der Waals surface area (Å²) in [5.74, 6) is 1.17. The average Bonchev–Trinajstić information content (AvgIpc) is 3.22. The Morgan fingerprint density at radius 3 is 2.50 bits per heavy atom. The highest BCUT2D eigenvalue weighted by molar-refractivity contribution is 9.10. The fourth-order valence-corrected chi connectivity index (χ4v) is 4.85. The van der Waals surface area contributed by atoms with Gasteiger partial charge in [-0.15, -0.1) is 0 Å². The third kappa shape index (κ3) is 5.88. The van der Waals surface area contributed by atoms with Crippen LogP contribution in [0.4, 0.5) is 5.13 Å². The highest BCUT2D eigenvalue weighted by atomic mass is 79.9. The van der Waals surface area contributed by atoms with E-state index in [0.717, 1.165) is 39.9 Å². The number of likely N-dealkylation sites (N-methyl/N-ethyl adjacent to an activating group) is 1. The van der Waals surface area contributed by atoms with Crippen LogP contribution in [-0.4, -0.2) is 56.2 Å². The molecule has 6 nitrogen and oxygen atoms in total. The minimum atomic E-state index is -0.106. The van der Waals surface area contributed by atoms with E-state index in [1.165, 1.54) is 11.3 Å². The van der Waals surface area contributed by atoms with Gasteiger partial charge in [-0.2, -0.15) is 0 Å². The fourth-order valence-electron chi connectivity index (χ4n) is 3.30. The summed E-state index contributed by atoms with van der Waals surface area (Å²) < 4.78 is 12.7. The van der Waals surface area contributed by atoms with Crippen molar-refractivity contribution >= 4 is 54.6 Å². The summed E-state index contributed by atoms with van der Waals surface area (Å²) in [6.07, 6.45) is 3.38. The van der Waals surface area contributed by atoms with E-state index in [9.17, 15) is 4.79 Å². The predicted molar refractivity (Wildman–Crippen MR) is 136 cm³/mol. The summed E-state index contributed by atoms with van der Waals surface area (Å²) in [5.41, 5.74) is 1.74. The van der Waals surface area contributed by atoms with Crippen LogP contribution in [0.15, 0.2) is 46.9 Å². The van der Waals surface area contributed by atoms with E-state index in [1.807, 2.05) is 36.4 Å². The zero-order valence-corrected chi connectivity index (χ0v) is 21.2. The van der Waals surface area contributed by atoms with Crippen molar-refractivity contribution in [2.45, 2.75) is 13.8 Å². The Balaban J connectivity index is 1.87. The van der Waals surface area contributed by atoms with Gasteiger partial charge in [-0.3, -0.25) is 9.69 Å². The molecule has 0 atom stereocenters. The van der Waals surface area contributed by atoms with Crippen LogP contribution in [0.5, 0.6) is 11.5 Å². The van der Waals surface area contributed by atoms with Gasteiger partial charge in [-0.05, 0) is 55.1 Å². The third-order valence-corrected chi connectivity index (χ3v) is 6.73. The lowest BCUT2D eigenvalue weighted by molar-refractivity contribution is -0.114. The normalized spacial score (nSPS) is 11.4. The van der Waals surface area contributed by atoms with E-state index in [2.05, 4.69) is 34.7 Å². The molecule has 0 N–H and O–H groups in total. The molecule has 1 heterocycles. The van der Waals surface area contributed by atoms with Gasteiger partial charge in [0.25, 0.3) is 5.91 Å². The largest absolute Gasteiger partial charge is 0.493 e. The number of ether oxygens (including phenoxy) is 2. The molecule has 3 aromatic rings. The minimum Gasteiger partial charge on any atom is -0.493 e. The van der Waals surface area contributed by atoms with Gasteiger partial charge >= 0.3 is 0 Å². The first-order valence-corrected chi connectivity index (χ1v) is 12.1. The molecule has 0 aliphatic heterocycles. The van der Waals surface area contributed by atoms with Crippen molar-refractivity contribution in [2.75, 3.05) is 45.3 Å². The van der Waals surface area contributed by atoms with Crippen molar-refractivity contribution in [3.8, 4) is 11.5 Å². The Hall–Kier alpha value is -2.42. The van der Waals surface area contributed by atoms with Crippen LogP contribution in [0.25, 0.3) is 16.3 Å². The van der Waals surface area contributed by atoms with Crippen LogP contribution in [0.2, 0.25) is 0 Å². The van der Waals surface area contributed by atoms with Gasteiger partial charge in [0.15, 0.2) is 16.6 Å². The maximum atomic E-state index is 13.2. The molecular formula is C24H28BrN3O3S. The number of aromatic nitrogens is 1. The summed E-state index contributed by atoms with van der Waals surface area (Å²) in [4.78, 5) is 22.0. The molecular weight excluding hydrogens is 490 g/mol. The second-order valence-corrected chi connectivity index (χ2v) is 9.00. The Labute approximate surface area is 201 Å². The number of nitrogens with zero attached hydrogens (tertiary/aromatic N) is 3. The van der Waals surface area contributed by atoms with Gasteiger partial charge in [0.1, 0.15) is 0 Å². The molecule has 0 spiro atoms. The quantitative estimate of drug-likeness (QED) is 0.334. The number of fused-ring (bicyclic) bond motifs is 1. The topological polar surface area (TPSA) is 54.9 Å². The minimum absolute atomic E-state index is 0.106. The monoisotopic (exact) mass is 517 g/mol. The van der Waals surface area contributed by atoms with Crippen molar-refractivity contribution in [3.05, 3.63) is 52.5 Å². The van der Waals surface area contributed by atoms with Crippen LogP contribution in [0.1, 0.15) is 19.4 Å². The lowest BCUT2D eigenvalue weighted by atomic mass is 10.2. The summed E-state index contributed by atoms with van der Waals surface area (Å²) >= 11 is 5.03. The van der Waals surface area contributed by atoms with E-state index in [4.69, 9.17) is 14.5 Å². The van der Waals surface area contributed by atoms with E-state index < -0.39 is 0 Å². The summed E-state index contributed by atoms with van der Waals surface area (Å²) in [6.45, 7) is 7.48. The third-order valence-electron chi connectivity index (χ3n) is 5.20. The highest BCUT2D eigenvalue weighted by Gasteiger charge is 2.19. The Morgan fingerprint density at radius 2 is 1.81 bits per heavy atom. The molecule has 0 fully saturated rings. The van der Waals surface area contributed by atoms with Crippen LogP contribution in [0, 0.1) is 0 Å². The molecule has 170 valence electrons. The fraction of sp³-hybridized carbons (Fsp3) is 0.333. The molecule has 1 aromatic heterocycles. The predicted octanol–water partition coefficient (Wildman–Crippen LogP) is 5.46.